The first-order valence-electron chi connectivity index (χ1n) is 8.19. The number of anilines is 1. The highest BCUT2D eigenvalue weighted by atomic mass is 127. The zero-order valence-electron chi connectivity index (χ0n) is 14.9. The van der Waals surface area contributed by atoms with Crippen molar-refractivity contribution in [2.24, 2.45) is 0 Å². The number of likely N-dealkylation sites (tertiary alicyclic amines) is 1. The summed E-state index contributed by atoms with van der Waals surface area (Å²) in [5, 5.41) is 3.33. The predicted molar refractivity (Wildman–Crippen MR) is 111 cm³/mol. The van der Waals surface area contributed by atoms with Crippen molar-refractivity contribution in [3.63, 3.8) is 0 Å². The molecule has 26 heavy (non-hydrogen) atoms. The van der Waals surface area contributed by atoms with Crippen LogP contribution in [0.5, 0.6) is 0 Å². The third-order valence-electron chi connectivity index (χ3n) is 3.44. The Labute approximate surface area is 171 Å². The lowest BCUT2D eigenvalue weighted by molar-refractivity contribution is 0.0105. The van der Waals surface area contributed by atoms with Crippen LogP contribution in [-0.4, -0.2) is 52.0 Å². The Kier molecular flexibility index (Phi) is 7.21. The zero-order valence-corrected chi connectivity index (χ0v) is 17.9. The van der Waals surface area contributed by atoms with E-state index in [0.29, 0.717) is 17.5 Å². The Balaban J connectivity index is 1.86. The van der Waals surface area contributed by atoms with Gasteiger partial charge in [0.05, 0.1) is 10.1 Å². The summed E-state index contributed by atoms with van der Waals surface area (Å²) >= 11 is 7.38. The fourth-order valence-corrected chi connectivity index (χ4v) is 3.13. The Bertz CT molecular complexity index is 658. The summed E-state index contributed by atoms with van der Waals surface area (Å²) in [7, 11) is 0. The highest BCUT2D eigenvalue weighted by molar-refractivity contribution is 14.1. The van der Waals surface area contributed by atoms with Gasteiger partial charge in [-0.05, 0) is 67.7 Å². The molecular weight excluding hydrogens is 472 g/mol. The number of hydrazine groups is 1. The number of carbonyl (C=O) groups excluding carboxylic acids is 1. The predicted octanol–water partition coefficient (Wildman–Crippen LogP) is 2.82. The van der Waals surface area contributed by atoms with E-state index in [2.05, 4.69) is 43.7 Å². The van der Waals surface area contributed by atoms with Crippen LogP contribution in [0.4, 0.5) is 15.0 Å². The van der Waals surface area contributed by atoms with Gasteiger partial charge < -0.3 is 15.0 Å². The Morgan fingerprint density at radius 3 is 2.85 bits per heavy atom. The van der Waals surface area contributed by atoms with E-state index in [9.17, 15) is 9.18 Å². The topological polar surface area (TPSA) is 78.5 Å². The standard InChI is InChI=1S/C16H23FIN5O2S/c1-16(2,3)25-15(24)23-8-10(17)7-11(9-23)20-14(26)22-21-13-12(18)5-4-6-19-13/h4-6,10-11H,7-9H2,1-3H3,(H,19,21)(H2,20,22,26)/t10-,11-/m1/s1. The van der Waals surface area contributed by atoms with Crippen LogP contribution in [0.15, 0.2) is 18.3 Å². The van der Waals surface area contributed by atoms with Crippen molar-refractivity contribution in [2.45, 2.75) is 45.0 Å². The lowest BCUT2D eigenvalue weighted by Crippen LogP contribution is -2.56. The normalized spacial score (nSPS) is 20.3. The number of amides is 1. The first kappa shape index (κ1) is 20.9. The Morgan fingerprint density at radius 2 is 2.19 bits per heavy atom. The summed E-state index contributed by atoms with van der Waals surface area (Å²) < 4.78 is 20.3. The van der Waals surface area contributed by atoms with E-state index < -0.39 is 17.9 Å². The van der Waals surface area contributed by atoms with Crippen molar-refractivity contribution >= 4 is 51.8 Å². The van der Waals surface area contributed by atoms with Crippen molar-refractivity contribution in [3.05, 3.63) is 21.9 Å². The van der Waals surface area contributed by atoms with Crippen LogP contribution >= 0.6 is 34.8 Å². The number of nitrogens with zero attached hydrogens (tertiary/aromatic N) is 2. The molecule has 1 amide bonds. The average molecular weight is 495 g/mol. The van der Waals surface area contributed by atoms with Gasteiger partial charge in [-0.3, -0.25) is 10.9 Å². The van der Waals surface area contributed by atoms with E-state index in [1.54, 1.807) is 27.0 Å². The number of thiocarbonyl (C=S) groups is 1. The van der Waals surface area contributed by atoms with Gasteiger partial charge in [-0.25, -0.2) is 14.2 Å². The van der Waals surface area contributed by atoms with E-state index in [1.807, 2.05) is 12.1 Å². The molecule has 3 N–H and O–H groups in total. The van der Waals surface area contributed by atoms with Gasteiger partial charge in [-0.2, -0.15) is 0 Å². The van der Waals surface area contributed by atoms with E-state index >= 15 is 0 Å². The molecule has 0 aromatic carbocycles. The fraction of sp³-hybridized carbons (Fsp3) is 0.562. The SMILES string of the molecule is CC(C)(C)OC(=O)N1C[C@H](F)C[C@@H](NC(=S)NNc2ncccc2I)C1. The van der Waals surface area contributed by atoms with Gasteiger partial charge in [-0.1, -0.05) is 0 Å². The molecule has 1 fully saturated rings. The summed E-state index contributed by atoms with van der Waals surface area (Å²) in [4.78, 5) is 17.7. The minimum atomic E-state index is -1.14. The number of rotatable bonds is 3. The monoisotopic (exact) mass is 495 g/mol. The largest absolute Gasteiger partial charge is 0.444 e. The molecule has 2 rings (SSSR count). The van der Waals surface area contributed by atoms with Crippen LogP contribution in [0.25, 0.3) is 0 Å². The number of ether oxygens (including phenoxy) is 1. The molecule has 144 valence electrons. The molecule has 2 atom stereocenters. The lowest BCUT2D eigenvalue weighted by Gasteiger charge is -2.36. The third-order valence-corrected chi connectivity index (χ3v) is 4.53. The maximum atomic E-state index is 14.1. The second-order valence-electron chi connectivity index (χ2n) is 6.97. The number of nitrogens with one attached hydrogen (secondary N) is 3. The van der Waals surface area contributed by atoms with E-state index in [-0.39, 0.29) is 19.0 Å². The summed E-state index contributed by atoms with van der Waals surface area (Å²) in [5.41, 5.74) is 5.12. The number of hydrogen-bond donors (Lipinski definition) is 3. The Morgan fingerprint density at radius 1 is 1.46 bits per heavy atom. The molecule has 0 spiro atoms. The molecule has 2 heterocycles. The molecule has 7 nitrogen and oxygen atoms in total. The smallest absolute Gasteiger partial charge is 0.410 e. The summed E-state index contributed by atoms with van der Waals surface area (Å²) in [6, 6.07) is 3.43. The molecule has 0 radical (unpaired) electrons. The number of pyridine rings is 1. The third kappa shape index (κ3) is 6.71. The van der Waals surface area contributed by atoms with Crippen molar-refractivity contribution in [3.8, 4) is 0 Å². The Hall–Kier alpha value is -1.43. The minimum Gasteiger partial charge on any atom is -0.444 e. The van der Waals surface area contributed by atoms with Gasteiger partial charge in [0.2, 0.25) is 0 Å². The highest BCUT2D eigenvalue weighted by Crippen LogP contribution is 2.18. The van der Waals surface area contributed by atoms with E-state index in [0.717, 1.165) is 3.57 Å². The number of aromatic nitrogens is 1. The molecule has 0 saturated carbocycles. The second kappa shape index (κ2) is 8.98. The van der Waals surface area contributed by atoms with Crippen molar-refractivity contribution < 1.29 is 13.9 Å². The number of piperidine rings is 1. The molecular formula is C16H23FIN5O2S. The van der Waals surface area contributed by atoms with Gasteiger partial charge in [0, 0.05) is 25.2 Å². The van der Waals surface area contributed by atoms with Gasteiger partial charge >= 0.3 is 6.09 Å². The van der Waals surface area contributed by atoms with Crippen LogP contribution in [0.3, 0.4) is 0 Å². The number of carbonyl (C=O) groups is 1. The molecule has 0 aliphatic carbocycles. The number of hydrogen-bond acceptors (Lipinski definition) is 5. The first-order chi connectivity index (χ1) is 12.1. The van der Waals surface area contributed by atoms with E-state index in [1.165, 1.54) is 4.90 Å². The maximum Gasteiger partial charge on any atom is 0.410 e. The minimum absolute atomic E-state index is 0.0255. The molecule has 10 heteroatoms. The van der Waals surface area contributed by atoms with Crippen LogP contribution in [0.1, 0.15) is 27.2 Å². The molecule has 1 aromatic rings. The molecule has 0 bridgehead atoms. The average Bonchev–Trinajstić information content (AvgIpc) is 2.52. The molecule has 0 unspecified atom stereocenters. The van der Waals surface area contributed by atoms with Crippen molar-refractivity contribution in [1.82, 2.24) is 20.6 Å². The fourth-order valence-electron chi connectivity index (χ4n) is 2.43. The molecule has 1 aromatic heterocycles. The van der Waals surface area contributed by atoms with E-state index in [4.69, 9.17) is 17.0 Å². The van der Waals surface area contributed by atoms with Gasteiger partial charge in [0.25, 0.3) is 0 Å². The van der Waals surface area contributed by atoms with Crippen LogP contribution in [0.2, 0.25) is 0 Å². The zero-order chi connectivity index (χ0) is 19.3. The van der Waals surface area contributed by atoms with Gasteiger partial charge in [-0.15, -0.1) is 0 Å². The number of alkyl halides is 1. The van der Waals surface area contributed by atoms with Crippen LogP contribution in [-0.2, 0) is 4.74 Å². The quantitative estimate of drug-likeness (QED) is 0.338. The van der Waals surface area contributed by atoms with Crippen molar-refractivity contribution in [2.75, 3.05) is 18.5 Å². The summed E-state index contributed by atoms with van der Waals surface area (Å²) in [6.45, 7) is 5.68. The number of halogens is 2. The maximum absolute atomic E-state index is 14.1. The molecule has 1 aliphatic heterocycles. The van der Waals surface area contributed by atoms with Gasteiger partial charge in [0.1, 0.15) is 11.8 Å². The lowest BCUT2D eigenvalue weighted by atomic mass is 10.0. The first-order valence-corrected chi connectivity index (χ1v) is 9.68. The highest BCUT2D eigenvalue weighted by Gasteiger charge is 2.32. The van der Waals surface area contributed by atoms with Gasteiger partial charge in [0.15, 0.2) is 10.9 Å². The second-order valence-corrected chi connectivity index (χ2v) is 8.54. The molecule has 1 saturated heterocycles. The summed E-state index contributed by atoms with van der Waals surface area (Å²) in [5.74, 6) is 0.639. The molecule has 1 aliphatic rings. The van der Waals surface area contributed by atoms with Crippen LogP contribution < -0.4 is 16.2 Å². The van der Waals surface area contributed by atoms with Crippen molar-refractivity contribution in [1.29, 1.82) is 0 Å². The van der Waals surface area contributed by atoms with Crippen LogP contribution in [0, 0.1) is 3.57 Å². The summed E-state index contributed by atoms with van der Waals surface area (Å²) in [6.07, 6.45) is 0.270.